The predicted octanol–water partition coefficient (Wildman–Crippen LogP) is 2.24. The van der Waals surface area contributed by atoms with Crippen LogP contribution in [0.4, 0.5) is 0 Å². The van der Waals surface area contributed by atoms with Gasteiger partial charge in [-0.25, -0.2) is 9.97 Å². The Morgan fingerprint density at radius 1 is 1.21 bits per heavy atom. The number of nitrogens with zero attached hydrogens (tertiary/aromatic N) is 3. The maximum absolute atomic E-state index is 12.5. The number of amides is 1. The van der Waals surface area contributed by atoms with Crippen LogP contribution in [0.3, 0.4) is 0 Å². The van der Waals surface area contributed by atoms with Crippen molar-refractivity contribution in [3.63, 3.8) is 0 Å². The summed E-state index contributed by atoms with van der Waals surface area (Å²) in [6, 6.07) is 10.0. The molecule has 1 N–H and O–H groups in total. The molecule has 3 rings (SSSR count). The van der Waals surface area contributed by atoms with E-state index >= 15 is 0 Å². The summed E-state index contributed by atoms with van der Waals surface area (Å²) in [7, 11) is 0. The quantitative estimate of drug-likeness (QED) is 0.936. The van der Waals surface area contributed by atoms with Gasteiger partial charge in [-0.3, -0.25) is 4.79 Å². The molecule has 5 nitrogen and oxygen atoms in total. The molecule has 1 saturated heterocycles. The third-order valence-electron chi connectivity index (χ3n) is 4.69. The van der Waals surface area contributed by atoms with Crippen molar-refractivity contribution in [3.05, 3.63) is 59.7 Å². The highest BCUT2D eigenvalue weighted by molar-refractivity contribution is 5.93. The van der Waals surface area contributed by atoms with Gasteiger partial charge in [-0.15, -0.1) is 0 Å². The van der Waals surface area contributed by atoms with Gasteiger partial charge < -0.3 is 10.0 Å². The van der Waals surface area contributed by atoms with Crippen LogP contribution in [0, 0.1) is 12.8 Å². The number of hydrogen-bond acceptors (Lipinski definition) is 4. The number of carbonyl (C=O) groups is 1. The minimum absolute atomic E-state index is 0.0222. The molecule has 1 aromatic heterocycles. The Hall–Kier alpha value is -2.27. The van der Waals surface area contributed by atoms with Crippen molar-refractivity contribution in [2.24, 2.45) is 5.92 Å². The summed E-state index contributed by atoms with van der Waals surface area (Å²) in [6.45, 7) is 3.14. The lowest BCUT2D eigenvalue weighted by atomic mass is 9.88. The normalized spacial score (nSPS) is 16.8. The lowest BCUT2D eigenvalue weighted by Gasteiger charge is -2.34. The summed E-state index contributed by atoms with van der Waals surface area (Å²) in [6.07, 6.45) is 5.14. The van der Waals surface area contributed by atoms with Gasteiger partial charge in [-0.2, -0.15) is 0 Å². The molecule has 2 aromatic rings. The second-order valence-corrected chi connectivity index (χ2v) is 6.41. The van der Waals surface area contributed by atoms with E-state index < -0.39 is 0 Å². The van der Waals surface area contributed by atoms with E-state index in [2.05, 4.69) is 9.97 Å². The first-order chi connectivity index (χ1) is 11.6. The minimum atomic E-state index is -0.354. The zero-order valence-corrected chi connectivity index (χ0v) is 13.9. The number of aryl methyl sites for hydroxylation is 1. The second kappa shape index (κ2) is 7.53. The zero-order valence-electron chi connectivity index (χ0n) is 13.9. The number of likely N-dealkylation sites (tertiary alicyclic amines) is 1. The topological polar surface area (TPSA) is 66.3 Å². The molecule has 24 heavy (non-hydrogen) atoms. The number of aliphatic hydroxyl groups is 1. The van der Waals surface area contributed by atoms with Gasteiger partial charge in [0.05, 0.1) is 11.7 Å². The Kier molecular flexibility index (Phi) is 5.20. The predicted molar refractivity (Wildman–Crippen MR) is 91.5 cm³/mol. The number of hydrogen-bond donors (Lipinski definition) is 1. The van der Waals surface area contributed by atoms with Gasteiger partial charge >= 0.3 is 0 Å². The van der Waals surface area contributed by atoms with Crippen LogP contribution >= 0.6 is 0 Å². The zero-order chi connectivity index (χ0) is 16.9. The third kappa shape index (κ3) is 3.97. The summed E-state index contributed by atoms with van der Waals surface area (Å²) >= 11 is 0. The maximum Gasteiger partial charge on any atom is 0.256 e. The van der Waals surface area contributed by atoms with E-state index in [0.717, 1.165) is 18.4 Å². The number of aliphatic hydroxyl groups excluding tert-OH is 1. The van der Waals surface area contributed by atoms with Crippen LogP contribution in [0.2, 0.25) is 0 Å². The average molecular weight is 325 g/mol. The van der Waals surface area contributed by atoms with Gasteiger partial charge in [0, 0.05) is 25.5 Å². The van der Waals surface area contributed by atoms with E-state index in [0.29, 0.717) is 30.9 Å². The van der Waals surface area contributed by atoms with Crippen molar-refractivity contribution >= 4 is 5.91 Å². The average Bonchev–Trinajstić information content (AvgIpc) is 2.63. The Morgan fingerprint density at radius 2 is 1.83 bits per heavy atom. The van der Waals surface area contributed by atoms with Crippen molar-refractivity contribution in [2.75, 3.05) is 13.1 Å². The summed E-state index contributed by atoms with van der Waals surface area (Å²) < 4.78 is 0. The Balaban J connectivity index is 1.53. The molecule has 1 fully saturated rings. The molecular formula is C19H23N3O2. The van der Waals surface area contributed by atoms with Crippen LogP contribution in [0.5, 0.6) is 0 Å². The van der Waals surface area contributed by atoms with E-state index in [-0.39, 0.29) is 17.9 Å². The largest absolute Gasteiger partial charge is 0.392 e. The van der Waals surface area contributed by atoms with E-state index in [1.54, 1.807) is 19.3 Å². The lowest BCUT2D eigenvalue weighted by molar-refractivity contribution is 0.0467. The number of benzene rings is 1. The highest BCUT2D eigenvalue weighted by Crippen LogP contribution is 2.24. The molecule has 5 heteroatoms. The molecule has 0 bridgehead atoms. The van der Waals surface area contributed by atoms with E-state index in [4.69, 9.17) is 0 Å². The summed E-state index contributed by atoms with van der Waals surface area (Å²) in [5.41, 5.74) is 1.68. The number of aromatic nitrogens is 2. The maximum atomic E-state index is 12.5. The van der Waals surface area contributed by atoms with Crippen LogP contribution in [-0.2, 0) is 6.42 Å². The molecule has 126 valence electrons. The highest BCUT2D eigenvalue weighted by Gasteiger charge is 2.28. The first kappa shape index (κ1) is 16.6. The van der Waals surface area contributed by atoms with E-state index in [1.165, 1.54) is 0 Å². The van der Waals surface area contributed by atoms with Gasteiger partial charge in [-0.05, 0) is 37.7 Å². The molecule has 0 saturated carbocycles. The molecule has 1 aliphatic heterocycles. The van der Waals surface area contributed by atoms with Crippen LogP contribution in [0.15, 0.2) is 42.7 Å². The standard InChI is InChI=1S/C19H23N3O2/c1-14-20-12-17(13-21-14)19(24)22-9-7-16(8-10-22)18(23)11-15-5-3-2-4-6-15/h2-6,12-13,16,18,23H,7-11H2,1H3. The van der Waals surface area contributed by atoms with Crippen molar-refractivity contribution in [1.29, 1.82) is 0 Å². The molecule has 2 heterocycles. The van der Waals surface area contributed by atoms with Crippen LogP contribution in [-0.4, -0.2) is 45.1 Å². The van der Waals surface area contributed by atoms with Gasteiger partial charge in [0.25, 0.3) is 5.91 Å². The molecule has 0 spiro atoms. The van der Waals surface area contributed by atoms with Gasteiger partial charge in [0.15, 0.2) is 0 Å². The summed E-state index contributed by atoms with van der Waals surface area (Å²) in [5.74, 6) is 0.879. The summed E-state index contributed by atoms with van der Waals surface area (Å²) in [5, 5.41) is 10.5. The number of carbonyl (C=O) groups excluding carboxylic acids is 1. The van der Waals surface area contributed by atoms with Crippen LogP contribution in [0.1, 0.15) is 34.6 Å². The molecule has 1 aliphatic rings. The fraction of sp³-hybridized carbons (Fsp3) is 0.421. The third-order valence-corrected chi connectivity index (χ3v) is 4.69. The fourth-order valence-electron chi connectivity index (χ4n) is 3.20. The van der Waals surface area contributed by atoms with Crippen molar-refractivity contribution < 1.29 is 9.90 Å². The minimum Gasteiger partial charge on any atom is -0.392 e. The monoisotopic (exact) mass is 325 g/mol. The Morgan fingerprint density at radius 3 is 2.46 bits per heavy atom. The first-order valence-electron chi connectivity index (χ1n) is 8.43. The molecular weight excluding hydrogens is 302 g/mol. The van der Waals surface area contributed by atoms with Gasteiger partial charge in [0.1, 0.15) is 5.82 Å². The van der Waals surface area contributed by atoms with Crippen LogP contribution in [0.25, 0.3) is 0 Å². The highest BCUT2D eigenvalue weighted by atomic mass is 16.3. The Bertz CT molecular complexity index is 665. The van der Waals surface area contributed by atoms with Crippen molar-refractivity contribution in [3.8, 4) is 0 Å². The number of piperidine rings is 1. The smallest absolute Gasteiger partial charge is 0.256 e. The second-order valence-electron chi connectivity index (χ2n) is 6.41. The summed E-state index contributed by atoms with van der Waals surface area (Å²) in [4.78, 5) is 22.5. The molecule has 0 radical (unpaired) electrons. The van der Waals surface area contributed by atoms with Crippen LogP contribution < -0.4 is 0 Å². The lowest BCUT2D eigenvalue weighted by Crippen LogP contribution is -2.41. The molecule has 1 unspecified atom stereocenters. The molecule has 0 aliphatic carbocycles. The fourth-order valence-corrected chi connectivity index (χ4v) is 3.20. The first-order valence-corrected chi connectivity index (χ1v) is 8.43. The molecule has 1 aromatic carbocycles. The van der Waals surface area contributed by atoms with Gasteiger partial charge in [0.2, 0.25) is 0 Å². The SMILES string of the molecule is Cc1ncc(C(=O)N2CCC(C(O)Cc3ccccc3)CC2)cn1. The van der Waals surface area contributed by atoms with Crippen molar-refractivity contribution in [2.45, 2.75) is 32.3 Å². The van der Waals surface area contributed by atoms with E-state index in [1.807, 2.05) is 35.2 Å². The number of rotatable bonds is 4. The Labute approximate surface area is 142 Å². The van der Waals surface area contributed by atoms with Gasteiger partial charge in [-0.1, -0.05) is 30.3 Å². The molecule has 1 atom stereocenters. The van der Waals surface area contributed by atoms with Crippen molar-refractivity contribution in [1.82, 2.24) is 14.9 Å². The van der Waals surface area contributed by atoms with E-state index in [9.17, 15) is 9.90 Å². The molecule has 1 amide bonds.